The first-order chi connectivity index (χ1) is 15.1. The van der Waals surface area contributed by atoms with Gasteiger partial charge in [-0.25, -0.2) is 19.3 Å². The monoisotopic (exact) mass is 422 g/mol. The van der Waals surface area contributed by atoms with Crippen molar-refractivity contribution in [3.63, 3.8) is 0 Å². The van der Waals surface area contributed by atoms with E-state index in [0.29, 0.717) is 42.8 Å². The molecule has 3 aromatic rings. The van der Waals surface area contributed by atoms with Crippen LogP contribution in [0.15, 0.2) is 36.7 Å². The lowest BCUT2D eigenvalue weighted by atomic mass is 10.1. The minimum absolute atomic E-state index is 0.186. The molecule has 4 heterocycles. The number of ether oxygens (including phenoxy) is 1. The Morgan fingerprint density at radius 3 is 2.74 bits per heavy atom. The van der Waals surface area contributed by atoms with Crippen LogP contribution >= 0.6 is 0 Å². The Balaban J connectivity index is 1.57. The quantitative estimate of drug-likeness (QED) is 0.639. The van der Waals surface area contributed by atoms with Gasteiger partial charge in [-0.1, -0.05) is 6.07 Å². The molecule has 0 unspecified atom stereocenters. The molecule has 2 N–H and O–H groups in total. The molecule has 31 heavy (non-hydrogen) atoms. The molecule has 1 aliphatic rings. The van der Waals surface area contributed by atoms with Gasteiger partial charge in [0.15, 0.2) is 11.4 Å². The number of nitriles is 1. The van der Waals surface area contributed by atoms with E-state index in [1.807, 2.05) is 6.07 Å². The van der Waals surface area contributed by atoms with Crippen molar-refractivity contribution in [3.8, 4) is 11.8 Å². The molecule has 1 saturated heterocycles. The van der Waals surface area contributed by atoms with Crippen LogP contribution in [0.4, 0.5) is 10.2 Å². The van der Waals surface area contributed by atoms with Crippen LogP contribution < -0.4 is 10.2 Å². The van der Waals surface area contributed by atoms with Gasteiger partial charge >= 0.3 is 0 Å². The van der Waals surface area contributed by atoms with Gasteiger partial charge in [-0.3, -0.25) is 4.79 Å². The van der Waals surface area contributed by atoms with Gasteiger partial charge < -0.3 is 20.1 Å². The Morgan fingerprint density at radius 1 is 1.26 bits per heavy atom. The lowest BCUT2D eigenvalue weighted by Gasteiger charge is -2.27. The summed E-state index contributed by atoms with van der Waals surface area (Å²) in [5.41, 5.74) is 0.794. The van der Waals surface area contributed by atoms with Crippen molar-refractivity contribution in [1.29, 1.82) is 5.26 Å². The van der Waals surface area contributed by atoms with Gasteiger partial charge in [0.1, 0.15) is 24.3 Å². The molecule has 1 aliphatic heterocycles. The number of aromatic nitrogens is 3. The Labute approximate surface area is 177 Å². The summed E-state index contributed by atoms with van der Waals surface area (Å²) in [6.45, 7) is 1.78. The van der Waals surface area contributed by atoms with E-state index in [0.717, 1.165) is 5.82 Å². The normalized spacial score (nSPS) is 14.8. The number of carbonyl (C=O) groups excluding carboxylic acids is 1. The van der Waals surface area contributed by atoms with E-state index >= 15 is 0 Å². The number of pyridine rings is 3. The number of halogens is 1. The van der Waals surface area contributed by atoms with E-state index in [1.165, 1.54) is 24.5 Å². The number of hydrogen-bond donors (Lipinski definition) is 2. The van der Waals surface area contributed by atoms with E-state index < -0.39 is 18.6 Å². The number of morpholine rings is 1. The minimum atomic E-state index is -0.994. The maximum absolute atomic E-state index is 13.6. The van der Waals surface area contributed by atoms with Crippen LogP contribution in [0, 0.1) is 11.3 Å². The molecule has 9 nitrogen and oxygen atoms in total. The van der Waals surface area contributed by atoms with Gasteiger partial charge in [-0.05, 0) is 23.8 Å². The summed E-state index contributed by atoms with van der Waals surface area (Å²) in [6, 6.07) is 7.28. The predicted molar refractivity (Wildman–Crippen MR) is 109 cm³/mol. The number of alkyl halides is 1. The summed E-state index contributed by atoms with van der Waals surface area (Å²) in [6.07, 6.45) is 2.73. The Hall–Kier alpha value is -3.84. The topological polar surface area (TPSA) is 124 Å². The Morgan fingerprint density at radius 2 is 2.06 bits per heavy atom. The van der Waals surface area contributed by atoms with Crippen molar-refractivity contribution in [1.82, 2.24) is 20.3 Å². The van der Waals surface area contributed by atoms with Crippen LogP contribution in [0.2, 0.25) is 0 Å². The molecule has 0 radical (unpaired) electrons. The lowest BCUT2D eigenvalue weighted by Crippen LogP contribution is -2.36. The van der Waals surface area contributed by atoms with E-state index in [9.17, 15) is 14.3 Å². The third kappa shape index (κ3) is 4.22. The first-order valence-corrected chi connectivity index (χ1v) is 9.65. The number of aromatic hydroxyl groups is 1. The van der Waals surface area contributed by atoms with Crippen molar-refractivity contribution >= 4 is 22.6 Å². The van der Waals surface area contributed by atoms with Gasteiger partial charge in [0.05, 0.1) is 31.0 Å². The van der Waals surface area contributed by atoms with Crippen LogP contribution in [0.1, 0.15) is 27.8 Å². The largest absolute Gasteiger partial charge is 0.505 e. The van der Waals surface area contributed by atoms with Crippen LogP contribution in [-0.4, -0.2) is 58.9 Å². The zero-order chi connectivity index (χ0) is 21.8. The van der Waals surface area contributed by atoms with Crippen molar-refractivity contribution in [3.05, 3.63) is 53.6 Å². The zero-order valence-corrected chi connectivity index (χ0v) is 16.5. The molecule has 0 saturated carbocycles. The summed E-state index contributed by atoms with van der Waals surface area (Å²) in [5, 5.41) is 22.3. The van der Waals surface area contributed by atoms with Gasteiger partial charge in [0, 0.05) is 24.7 Å². The van der Waals surface area contributed by atoms with Crippen LogP contribution in [-0.2, 0) is 4.74 Å². The fraction of sp³-hybridized carbons (Fsp3) is 0.286. The van der Waals surface area contributed by atoms with Crippen molar-refractivity contribution in [2.45, 2.75) is 6.04 Å². The highest BCUT2D eigenvalue weighted by Crippen LogP contribution is 2.28. The third-order valence-electron chi connectivity index (χ3n) is 5.02. The standard InChI is InChI=1S/C21H19FN6O3/c22-9-16(13-1-2-14(10-23)24-11-13)27-21(30)19-20(29)15-3-4-18(26-17(15)12-25-19)28-5-7-31-8-6-28/h1-4,11-12,16,29H,5-9H2,(H,27,30)/t16-/m1/s1. The predicted octanol–water partition coefficient (Wildman–Crippen LogP) is 1.88. The summed E-state index contributed by atoms with van der Waals surface area (Å²) in [5.74, 6) is -0.324. The molecule has 1 atom stereocenters. The summed E-state index contributed by atoms with van der Waals surface area (Å²) in [7, 11) is 0. The fourth-order valence-corrected chi connectivity index (χ4v) is 3.33. The average Bonchev–Trinajstić information content (AvgIpc) is 2.83. The molecule has 0 spiro atoms. The smallest absolute Gasteiger partial charge is 0.274 e. The number of nitrogens with one attached hydrogen (secondary N) is 1. The summed E-state index contributed by atoms with van der Waals surface area (Å²) >= 11 is 0. The van der Waals surface area contributed by atoms with Gasteiger partial charge in [0.25, 0.3) is 5.91 Å². The summed E-state index contributed by atoms with van der Waals surface area (Å²) in [4.78, 5) is 27.2. The number of fused-ring (bicyclic) bond motifs is 1. The third-order valence-corrected chi connectivity index (χ3v) is 5.02. The maximum atomic E-state index is 13.6. The number of nitrogens with zero attached hydrogens (tertiary/aromatic N) is 5. The Bertz CT molecular complexity index is 1140. The van der Waals surface area contributed by atoms with Crippen molar-refractivity contribution in [2.75, 3.05) is 37.9 Å². The van der Waals surface area contributed by atoms with Crippen molar-refractivity contribution < 1.29 is 19.0 Å². The zero-order valence-electron chi connectivity index (χ0n) is 16.5. The number of hydrogen-bond acceptors (Lipinski definition) is 8. The second-order valence-electron chi connectivity index (χ2n) is 6.93. The molecule has 1 fully saturated rings. The van der Waals surface area contributed by atoms with Gasteiger partial charge in [0.2, 0.25) is 0 Å². The highest BCUT2D eigenvalue weighted by atomic mass is 19.1. The number of amides is 1. The molecule has 10 heteroatoms. The molecule has 4 rings (SSSR count). The molecule has 0 bridgehead atoms. The second-order valence-corrected chi connectivity index (χ2v) is 6.93. The second kappa shape index (κ2) is 8.89. The van der Waals surface area contributed by atoms with Crippen LogP contribution in [0.3, 0.4) is 0 Å². The lowest BCUT2D eigenvalue weighted by molar-refractivity contribution is 0.0922. The van der Waals surface area contributed by atoms with E-state index in [-0.39, 0.29) is 17.1 Å². The van der Waals surface area contributed by atoms with Gasteiger partial charge in [-0.15, -0.1) is 0 Å². The van der Waals surface area contributed by atoms with E-state index in [1.54, 1.807) is 12.1 Å². The van der Waals surface area contributed by atoms with E-state index in [4.69, 9.17) is 10.00 Å². The summed E-state index contributed by atoms with van der Waals surface area (Å²) < 4.78 is 18.9. The maximum Gasteiger partial charge on any atom is 0.274 e. The fourth-order valence-electron chi connectivity index (χ4n) is 3.33. The van der Waals surface area contributed by atoms with Gasteiger partial charge in [-0.2, -0.15) is 5.26 Å². The molecule has 158 valence electrons. The minimum Gasteiger partial charge on any atom is -0.505 e. The highest BCUT2D eigenvalue weighted by Gasteiger charge is 2.22. The molecule has 0 aromatic carbocycles. The SMILES string of the molecule is N#Cc1ccc([C@@H](CF)NC(=O)c2ncc3nc(N4CCOCC4)ccc3c2O)cn1. The first-order valence-electron chi connectivity index (χ1n) is 9.65. The number of anilines is 1. The average molecular weight is 422 g/mol. The van der Waals surface area contributed by atoms with Crippen molar-refractivity contribution in [2.24, 2.45) is 0 Å². The first kappa shape index (κ1) is 20.4. The number of carbonyl (C=O) groups is 1. The number of rotatable bonds is 5. The van der Waals surface area contributed by atoms with Crippen LogP contribution in [0.5, 0.6) is 5.75 Å². The Kier molecular flexibility index (Phi) is 5.86. The molecular weight excluding hydrogens is 403 g/mol. The van der Waals surface area contributed by atoms with Crippen LogP contribution in [0.25, 0.3) is 10.9 Å². The highest BCUT2D eigenvalue weighted by molar-refractivity contribution is 6.01. The molecular formula is C21H19FN6O3. The van der Waals surface area contributed by atoms with E-state index in [2.05, 4.69) is 25.2 Å². The molecule has 0 aliphatic carbocycles. The molecule has 3 aromatic heterocycles. The molecule has 1 amide bonds.